The summed E-state index contributed by atoms with van der Waals surface area (Å²) in [6.07, 6.45) is 0.824. The Morgan fingerprint density at radius 1 is 0.971 bits per heavy atom. The number of benzene rings is 3. The van der Waals surface area contributed by atoms with Gasteiger partial charge in [0.2, 0.25) is 9.84 Å². The van der Waals surface area contributed by atoms with E-state index in [1.165, 1.54) is 24.1 Å². The zero-order valence-electron chi connectivity index (χ0n) is 19.4. The number of rotatable bonds is 7. The van der Waals surface area contributed by atoms with Crippen LogP contribution in [0.15, 0.2) is 88.4 Å². The Hall–Kier alpha value is -3.58. The van der Waals surface area contributed by atoms with Gasteiger partial charge in [-0.15, -0.1) is 0 Å². The van der Waals surface area contributed by atoms with Gasteiger partial charge in [-0.25, -0.2) is 8.42 Å². The van der Waals surface area contributed by atoms with Crippen LogP contribution >= 0.6 is 0 Å². The number of aryl methyl sites for hydroxylation is 2. The Balaban J connectivity index is 1.86. The summed E-state index contributed by atoms with van der Waals surface area (Å²) in [5, 5.41) is 10.9. The first-order valence-corrected chi connectivity index (χ1v) is 12.5. The maximum Gasteiger partial charge on any atom is 0.290 e. The molecule has 1 aliphatic rings. The molecule has 1 unspecified atom stereocenters. The molecule has 0 saturated heterocycles. The number of amides is 1. The van der Waals surface area contributed by atoms with Crippen LogP contribution in [0.1, 0.15) is 35.2 Å². The number of para-hydroxylation sites is 1. The molecular weight excluding hydrogens is 450 g/mol. The van der Waals surface area contributed by atoms with Crippen molar-refractivity contribution < 1.29 is 23.1 Å². The van der Waals surface area contributed by atoms with E-state index in [0.29, 0.717) is 16.9 Å². The average Bonchev–Trinajstić information content (AvgIpc) is 3.10. The second-order valence-corrected chi connectivity index (χ2v) is 10.2. The van der Waals surface area contributed by atoms with E-state index < -0.39 is 27.5 Å². The molecule has 0 fully saturated rings. The van der Waals surface area contributed by atoms with Gasteiger partial charge in [0.15, 0.2) is 5.76 Å². The van der Waals surface area contributed by atoms with Gasteiger partial charge in [0, 0.05) is 5.56 Å². The van der Waals surface area contributed by atoms with Crippen molar-refractivity contribution in [3.63, 3.8) is 0 Å². The molecule has 3 aromatic rings. The maximum atomic E-state index is 13.7. The lowest BCUT2D eigenvalue weighted by molar-refractivity contribution is -0.130. The second-order valence-electron chi connectivity index (χ2n) is 8.27. The largest absolute Gasteiger partial charge is 0.502 e. The van der Waals surface area contributed by atoms with Crippen LogP contribution in [0.2, 0.25) is 0 Å². The Labute approximate surface area is 200 Å². The number of carbonyl (C=O) groups excluding carboxylic acids is 1. The number of aliphatic hydroxyl groups is 1. The Kier molecular flexibility index (Phi) is 6.48. The standard InChI is InChI=1S/C27H27NO5S/c1-4-19-11-13-20(14-12-19)24-26(34(31,32)22-15-9-18(2)10-16-22)25(29)27(30)28(24)17-21-7-5-6-8-23(21)33-3/h5-16,24,29H,4,17H2,1-3H3. The van der Waals surface area contributed by atoms with Gasteiger partial charge in [-0.3, -0.25) is 4.79 Å². The molecule has 7 heteroatoms. The summed E-state index contributed by atoms with van der Waals surface area (Å²) in [6.45, 7) is 3.96. The minimum Gasteiger partial charge on any atom is -0.502 e. The highest BCUT2D eigenvalue weighted by Gasteiger charge is 2.47. The lowest BCUT2D eigenvalue weighted by atomic mass is 10.0. The molecule has 0 aromatic heterocycles. The third-order valence-corrected chi connectivity index (χ3v) is 8.00. The minimum atomic E-state index is -4.16. The zero-order valence-corrected chi connectivity index (χ0v) is 20.2. The molecule has 4 rings (SSSR count). The van der Waals surface area contributed by atoms with Crippen LogP contribution in [-0.4, -0.2) is 31.4 Å². The van der Waals surface area contributed by atoms with Crippen molar-refractivity contribution in [1.82, 2.24) is 4.90 Å². The van der Waals surface area contributed by atoms with Crippen LogP contribution in [0.4, 0.5) is 0 Å². The minimum absolute atomic E-state index is 0.0294. The van der Waals surface area contributed by atoms with Crippen LogP contribution < -0.4 is 4.74 Å². The summed E-state index contributed by atoms with van der Waals surface area (Å²) in [5.74, 6) is -0.911. The summed E-state index contributed by atoms with van der Waals surface area (Å²) < 4.78 is 32.8. The molecular formula is C27H27NO5S. The van der Waals surface area contributed by atoms with Gasteiger partial charge in [0.05, 0.1) is 24.6 Å². The monoisotopic (exact) mass is 477 g/mol. The van der Waals surface area contributed by atoms with E-state index in [9.17, 15) is 18.3 Å². The van der Waals surface area contributed by atoms with Crippen molar-refractivity contribution in [2.24, 2.45) is 0 Å². The molecule has 1 atom stereocenters. The molecule has 1 N–H and O–H groups in total. The number of methoxy groups -OCH3 is 1. The van der Waals surface area contributed by atoms with Crippen LogP contribution in [0, 0.1) is 6.92 Å². The SMILES string of the molecule is CCc1ccc(C2C(S(=O)(=O)c3ccc(C)cc3)=C(O)C(=O)N2Cc2ccccc2OC)cc1. The van der Waals surface area contributed by atoms with Crippen LogP contribution in [-0.2, 0) is 27.6 Å². The first-order valence-electron chi connectivity index (χ1n) is 11.0. The predicted molar refractivity (Wildman–Crippen MR) is 130 cm³/mol. The van der Waals surface area contributed by atoms with Gasteiger partial charge in [0.1, 0.15) is 10.7 Å². The molecule has 1 heterocycles. The van der Waals surface area contributed by atoms with Crippen LogP contribution in [0.3, 0.4) is 0 Å². The van der Waals surface area contributed by atoms with Gasteiger partial charge >= 0.3 is 0 Å². The summed E-state index contributed by atoms with van der Waals surface area (Å²) in [7, 11) is -2.62. The Morgan fingerprint density at radius 3 is 2.24 bits per heavy atom. The predicted octanol–water partition coefficient (Wildman–Crippen LogP) is 4.89. The molecule has 0 saturated carbocycles. The molecule has 0 radical (unpaired) electrons. The average molecular weight is 478 g/mol. The highest BCUT2D eigenvalue weighted by atomic mass is 32.2. The third kappa shape index (κ3) is 4.19. The highest BCUT2D eigenvalue weighted by Crippen LogP contribution is 2.43. The van der Waals surface area contributed by atoms with Crippen molar-refractivity contribution in [1.29, 1.82) is 0 Å². The summed E-state index contributed by atoms with van der Waals surface area (Å²) in [5.41, 5.74) is 3.30. The number of aliphatic hydroxyl groups excluding tert-OH is 1. The molecule has 6 nitrogen and oxygen atoms in total. The van der Waals surface area contributed by atoms with Crippen LogP contribution in [0.5, 0.6) is 5.75 Å². The van der Waals surface area contributed by atoms with E-state index >= 15 is 0 Å². The van der Waals surface area contributed by atoms with E-state index in [1.807, 2.05) is 56.3 Å². The number of ether oxygens (including phenoxy) is 1. The van der Waals surface area contributed by atoms with Gasteiger partial charge in [-0.1, -0.05) is 67.1 Å². The number of carbonyl (C=O) groups is 1. The van der Waals surface area contributed by atoms with E-state index in [-0.39, 0.29) is 16.3 Å². The number of hydrogen-bond acceptors (Lipinski definition) is 5. The quantitative estimate of drug-likeness (QED) is 0.524. The molecule has 3 aromatic carbocycles. The maximum absolute atomic E-state index is 13.7. The fraction of sp³-hybridized carbons (Fsp3) is 0.222. The van der Waals surface area contributed by atoms with Crippen molar-refractivity contribution in [3.05, 3.63) is 106 Å². The molecule has 176 valence electrons. The van der Waals surface area contributed by atoms with E-state index in [0.717, 1.165) is 17.5 Å². The molecule has 34 heavy (non-hydrogen) atoms. The molecule has 0 spiro atoms. The molecule has 0 aliphatic carbocycles. The van der Waals surface area contributed by atoms with Crippen LogP contribution in [0.25, 0.3) is 0 Å². The Morgan fingerprint density at radius 2 is 1.62 bits per heavy atom. The van der Waals surface area contributed by atoms with Gasteiger partial charge in [-0.2, -0.15) is 0 Å². The molecule has 1 amide bonds. The lowest BCUT2D eigenvalue weighted by Crippen LogP contribution is -2.31. The van der Waals surface area contributed by atoms with Crippen molar-refractivity contribution in [3.8, 4) is 5.75 Å². The fourth-order valence-electron chi connectivity index (χ4n) is 4.20. The second kappa shape index (κ2) is 9.35. The number of hydrogen-bond donors (Lipinski definition) is 1. The molecule has 1 aliphatic heterocycles. The summed E-state index contributed by atoms with van der Waals surface area (Å²) >= 11 is 0. The normalized spacial score (nSPS) is 16.3. The number of sulfone groups is 1. The Bertz CT molecular complexity index is 1340. The summed E-state index contributed by atoms with van der Waals surface area (Å²) in [6, 6.07) is 20.1. The smallest absolute Gasteiger partial charge is 0.290 e. The first kappa shape index (κ1) is 23.6. The topological polar surface area (TPSA) is 83.9 Å². The van der Waals surface area contributed by atoms with E-state index in [1.54, 1.807) is 18.2 Å². The highest BCUT2D eigenvalue weighted by molar-refractivity contribution is 7.95. The summed E-state index contributed by atoms with van der Waals surface area (Å²) in [4.78, 5) is 14.4. The fourth-order valence-corrected chi connectivity index (χ4v) is 5.84. The molecule has 0 bridgehead atoms. The van der Waals surface area contributed by atoms with Gasteiger partial charge < -0.3 is 14.7 Å². The zero-order chi connectivity index (χ0) is 24.5. The van der Waals surface area contributed by atoms with Gasteiger partial charge in [-0.05, 0) is 42.7 Å². The van der Waals surface area contributed by atoms with Crippen molar-refractivity contribution >= 4 is 15.7 Å². The van der Waals surface area contributed by atoms with Gasteiger partial charge in [0.25, 0.3) is 5.91 Å². The first-order chi connectivity index (χ1) is 16.3. The van der Waals surface area contributed by atoms with E-state index in [4.69, 9.17) is 4.74 Å². The third-order valence-electron chi connectivity index (χ3n) is 6.11. The van der Waals surface area contributed by atoms with Crippen molar-refractivity contribution in [2.45, 2.75) is 37.8 Å². The lowest BCUT2D eigenvalue weighted by Gasteiger charge is -2.28. The van der Waals surface area contributed by atoms with E-state index in [2.05, 4.69) is 0 Å². The number of nitrogens with zero attached hydrogens (tertiary/aromatic N) is 1. The van der Waals surface area contributed by atoms with Crippen molar-refractivity contribution in [2.75, 3.05) is 7.11 Å².